The Hall–Kier alpha value is -4.55. The number of pyridine rings is 3. The lowest BCUT2D eigenvalue weighted by atomic mass is 10.1. The number of hydrogen-bond donors (Lipinski definition) is 1. The number of benzene rings is 3. The monoisotopic (exact) mass is 487 g/mol. The van der Waals surface area contributed by atoms with E-state index in [2.05, 4.69) is 38.1 Å². The molecule has 3 aromatic carbocycles. The van der Waals surface area contributed by atoms with E-state index in [9.17, 15) is 0 Å². The van der Waals surface area contributed by atoms with E-state index >= 15 is 0 Å². The first-order valence-electron chi connectivity index (χ1n) is 11.5. The molecule has 1 N–H and O–H groups in total. The molecule has 36 heavy (non-hydrogen) atoms. The van der Waals surface area contributed by atoms with Gasteiger partial charge in [0, 0.05) is 40.3 Å². The number of ether oxygens (including phenoxy) is 1. The molecule has 7 rings (SSSR count). The van der Waals surface area contributed by atoms with Crippen LogP contribution in [0.2, 0.25) is 5.02 Å². The van der Waals surface area contributed by atoms with Crippen LogP contribution in [0, 0.1) is 0 Å². The van der Waals surface area contributed by atoms with Gasteiger partial charge in [0.05, 0.1) is 27.1 Å². The molecule has 0 aliphatic carbocycles. The van der Waals surface area contributed by atoms with Crippen molar-refractivity contribution in [3.63, 3.8) is 0 Å². The van der Waals surface area contributed by atoms with E-state index < -0.39 is 0 Å². The molecule has 7 aromatic rings. The summed E-state index contributed by atoms with van der Waals surface area (Å²) in [6.07, 6.45) is 5.33. The highest BCUT2D eigenvalue weighted by atomic mass is 35.5. The lowest BCUT2D eigenvalue weighted by Gasteiger charge is -2.10. The van der Waals surface area contributed by atoms with Crippen molar-refractivity contribution in [3.05, 3.63) is 102 Å². The second kappa shape index (κ2) is 8.29. The van der Waals surface area contributed by atoms with Crippen molar-refractivity contribution in [2.75, 3.05) is 0 Å². The van der Waals surface area contributed by atoms with Crippen LogP contribution < -0.4 is 4.74 Å². The second-order valence-corrected chi connectivity index (χ2v) is 8.95. The number of fused-ring (bicyclic) bond motifs is 7. The Morgan fingerprint density at radius 3 is 2.11 bits per heavy atom. The summed E-state index contributed by atoms with van der Waals surface area (Å²) < 4.78 is 6.09. The SMILES string of the molecule is Clc1ccc(OCc2ccc(-c3nc4c5cccnc5c5ncccc5c4[nH]3)cc2)c2ncccc12. The molecule has 0 spiro atoms. The van der Waals surface area contributed by atoms with Gasteiger partial charge in [-0.25, -0.2) is 4.98 Å². The minimum Gasteiger partial charge on any atom is -0.487 e. The lowest BCUT2D eigenvalue weighted by Crippen LogP contribution is -1.97. The fourth-order valence-corrected chi connectivity index (χ4v) is 4.84. The number of nitrogens with zero attached hydrogens (tertiary/aromatic N) is 4. The van der Waals surface area contributed by atoms with Crippen LogP contribution in [0.4, 0.5) is 0 Å². The molecule has 4 aromatic heterocycles. The van der Waals surface area contributed by atoms with E-state index in [0.717, 1.165) is 60.7 Å². The quantitative estimate of drug-likeness (QED) is 0.268. The topological polar surface area (TPSA) is 76.6 Å². The summed E-state index contributed by atoms with van der Waals surface area (Å²) in [6, 6.07) is 23.7. The molecule has 0 bridgehead atoms. The van der Waals surface area contributed by atoms with Crippen LogP contribution in [0.15, 0.2) is 91.4 Å². The molecule has 0 saturated heterocycles. The van der Waals surface area contributed by atoms with Crippen LogP contribution in [-0.4, -0.2) is 24.9 Å². The average Bonchev–Trinajstić information content (AvgIpc) is 3.40. The molecule has 0 fully saturated rings. The van der Waals surface area contributed by atoms with E-state index in [4.69, 9.17) is 21.3 Å². The maximum atomic E-state index is 6.30. The van der Waals surface area contributed by atoms with Crippen molar-refractivity contribution in [1.29, 1.82) is 0 Å². The van der Waals surface area contributed by atoms with Crippen LogP contribution in [-0.2, 0) is 6.61 Å². The second-order valence-electron chi connectivity index (χ2n) is 8.54. The Balaban J connectivity index is 1.22. The Kier molecular flexibility index (Phi) is 4.79. The summed E-state index contributed by atoms with van der Waals surface area (Å²) in [7, 11) is 0. The van der Waals surface area contributed by atoms with Crippen LogP contribution in [0.1, 0.15) is 5.56 Å². The van der Waals surface area contributed by atoms with Crippen molar-refractivity contribution < 1.29 is 4.74 Å². The first kappa shape index (κ1) is 20.8. The van der Waals surface area contributed by atoms with Crippen LogP contribution in [0.25, 0.3) is 55.1 Å². The van der Waals surface area contributed by atoms with Gasteiger partial charge >= 0.3 is 0 Å². The molecule has 172 valence electrons. The predicted molar refractivity (Wildman–Crippen MR) is 143 cm³/mol. The fourth-order valence-electron chi connectivity index (χ4n) is 4.63. The maximum absolute atomic E-state index is 6.30. The van der Waals surface area contributed by atoms with E-state index in [1.807, 2.05) is 54.6 Å². The molecule has 0 aliphatic rings. The van der Waals surface area contributed by atoms with E-state index in [0.29, 0.717) is 17.4 Å². The summed E-state index contributed by atoms with van der Waals surface area (Å²) in [5.41, 5.74) is 6.36. The standard InChI is InChI=1S/C29H18ClN5O/c30-22-11-12-23(24-19(22)4-1-13-31-24)36-16-17-7-9-18(10-8-17)29-34-27-20-5-2-14-32-25(20)26-21(28(27)35-29)6-3-15-33-26/h1-15H,16H2,(H,34,35). The van der Waals surface area contributed by atoms with Crippen molar-refractivity contribution in [1.82, 2.24) is 24.9 Å². The number of aromatic nitrogens is 5. The summed E-state index contributed by atoms with van der Waals surface area (Å²) in [5, 5.41) is 3.52. The van der Waals surface area contributed by atoms with Crippen molar-refractivity contribution >= 4 is 55.3 Å². The molecule has 0 aliphatic heterocycles. The number of aromatic amines is 1. The smallest absolute Gasteiger partial charge is 0.146 e. The highest BCUT2D eigenvalue weighted by Gasteiger charge is 2.15. The molecule has 0 amide bonds. The number of imidazole rings is 1. The first-order valence-corrected chi connectivity index (χ1v) is 11.9. The van der Waals surface area contributed by atoms with E-state index in [-0.39, 0.29) is 0 Å². The zero-order valence-corrected chi connectivity index (χ0v) is 19.7. The predicted octanol–water partition coefficient (Wildman–Crippen LogP) is 7.11. The third-order valence-electron chi connectivity index (χ3n) is 6.37. The van der Waals surface area contributed by atoms with Gasteiger partial charge in [-0.1, -0.05) is 35.9 Å². The van der Waals surface area contributed by atoms with Gasteiger partial charge in [-0.3, -0.25) is 15.0 Å². The summed E-state index contributed by atoms with van der Waals surface area (Å²) in [4.78, 5) is 22.1. The highest BCUT2D eigenvalue weighted by molar-refractivity contribution is 6.35. The maximum Gasteiger partial charge on any atom is 0.146 e. The first-order chi connectivity index (χ1) is 17.8. The Morgan fingerprint density at radius 1 is 0.667 bits per heavy atom. The van der Waals surface area contributed by atoms with Gasteiger partial charge in [0.25, 0.3) is 0 Å². The number of halogens is 1. The van der Waals surface area contributed by atoms with Gasteiger partial charge < -0.3 is 9.72 Å². The molecular formula is C29H18ClN5O. The van der Waals surface area contributed by atoms with Gasteiger partial charge in [-0.15, -0.1) is 0 Å². The summed E-state index contributed by atoms with van der Waals surface area (Å²) in [5.74, 6) is 1.50. The van der Waals surface area contributed by atoms with Crippen molar-refractivity contribution in [2.24, 2.45) is 0 Å². The van der Waals surface area contributed by atoms with Gasteiger partial charge in [-0.2, -0.15) is 0 Å². The number of hydrogen-bond acceptors (Lipinski definition) is 5. The summed E-state index contributed by atoms with van der Waals surface area (Å²) in [6.45, 7) is 0.417. The van der Waals surface area contributed by atoms with Crippen LogP contribution >= 0.6 is 11.6 Å². The molecule has 4 heterocycles. The van der Waals surface area contributed by atoms with E-state index in [1.54, 1.807) is 18.6 Å². The molecular weight excluding hydrogens is 470 g/mol. The molecule has 7 heteroatoms. The fraction of sp³-hybridized carbons (Fsp3) is 0.0345. The van der Waals surface area contributed by atoms with Crippen molar-refractivity contribution in [3.8, 4) is 17.1 Å². The largest absolute Gasteiger partial charge is 0.487 e. The van der Waals surface area contributed by atoms with Crippen LogP contribution in [0.5, 0.6) is 5.75 Å². The molecule has 0 radical (unpaired) electrons. The van der Waals surface area contributed by atoms with E-state index in [1.165, 1.54) is 0 Å². The van der Waals surface area contributed by atoms with Gasteiger partial charge in [-0.05, 0) is 54.1 Å². The lowest BCUT2D eigenvalue weighted by molar-refractivity contribution is 0.309. The normalized spacial score (nSPS) is 11.6. The number of rotatable bonds is 4. The average molecular weight is 488 g/mol. The van der Waals surface area contributed by atoms with Crippen molar-refractivity contribution in [2.45, 2.75) is 6.61 Å². The molecule has 0 saturated carbocycles. The zero-order chi connectivity index (χ0) is 24.1. The van der Waals surface area contributed by atoms with Gasteiger partial charge in [0.1, 0.15) is 23.7 Å². The minimum atomic E-state index is 0.417. The Morgan fingerprint density at radius 2 is 1.33 bits per heavy atom. The highest BCUT2D eigenvalue weighted by Crippen LogP contribution is 2.33. The zero-order valence-electron chi connectivity index (χ0n) is 18.9. The van der Waals surface area contributed by atoms with Gasteiger partial charge in [0.15, 0.2) is 0 Å². The number of nitrogens with one attached hydrogen (secondary N) is 1. The molecule has 0 atom stereocenters. The minimum absolute atomic E-state index is 0.417. The third kappa shape index (κ3) is 3.34. The van der Waals surface area contributed by atoms with Gasteiger partial charge in [0.2, 0.25) is 0 Å². The molecule has 6 nitrogen and oxygen atoms in total. The van der Waals surface area contributed by atoms with Crippen LogP contribution in [0.3, 0.4) is 0 Å². The summed E-state index contributed by atoms with van der Waals surface area (Å²) >= 11 is 6.30. The number of H-pyrrole nitrogens is 1. The Bertz CT molecular complexity index is 1840. The third-order valence-corrected chi connectivity index (χ3v) is 6.70. The molecule has 0 unspecified atom stereocenters. The Labute approximate surface area is 210 Å².